The van der Waals surface area contributed by atoms with Crippen LogP contribution in [0.1, 0.15) is 65.2 Å². The van der Waals surface area contributed by atoms with Gasteiger partial charge in [-0.3, -0.25) is 0 Å². The molecule has 0 aromatic heterocycles. The van der Waals surface area contributed by atoms with E-state index in [2.05, 4.69) is 42.1 Å². The summed E-state index contributed by atoms with van der Waals surface area (Å²) < 4.78 is 12.2. The molecule has 0 spiro atoms. The molecule has 126 valence electrons. The number of halogens is 2. The molecule has 0 N–H and O–H groups in total. The minimum atomic E-state index is -1.94. The van der Waals surface area contributed by atoms with Crippen molar-refractivity contribution in [1.82, 2.24) is 0 Å². The third-order valence-corrected chi connectivity index (χ3v) is 20.5. The molecule has 0 aromatic carbocycles. The van der Waals surface area contributed by atoms with Gasteiger partial charge in [0.05, 0.1) is 0 Å². The van der Waals surface area contributed by atoms with Gasteiger partial charge in [-0.2, -0.15) is 0 Å². The summed E-state index contributed by atoms with van der Waals surface area (Å²) in [4.78, 5) is 1.39. The van der Waals surface area contributed by atoms with Crippen molar-refractivity contribution < 1.29 is 9.47 Å². The van der Waals surface area contributed by atoms with Gasteiger partial charge in [0.25, 0.3) is 0 Å². The average molecular weight is 493 g/mol. The maximum atomic E-state index is 6.11. The van der Waals surface area contributed by atoms with Crippen LogP contribution in [-0.4, -0.2) is 34.7 Å². The number of rotatable bonds is 6. The van der Waals surface area contributed by atoms with Crippen molar-refractivity contribution in [2.75, 3.05) is 13.2 Å². The fraction of sp³-hybridized carbons (Fsp3) is 1.00. The third-order valence-electron chi connectivity index (χ3n) is 4.85. The quantitative estimate of drug-likeness (QED) is 0.428. The molecular weight excluding hydrogens is 463 g/mol. The molecular formula is C16H30Br2O2Se. The summed E-state index contributed by atoms with van der Waals surface area (Å²) >= 11 is 8.48. The SMILES string of the molecule is CCO[C@H]1CCCC[C@@H]1[Se](Br)(Br)[C@@H]1CCCC[C@H]1OCC. The van der Waals surface area contributed by atoms with Gasteiger partial charge in [-0.1, -0.05) is 0 Å². The van der Waals surface area contributed by atoms with Crippen LogP contribution < -0.4 is 0 Å². The number of ether oxygens (including phenoxy) is 2. The zero-order valence-electron chi connectivity index (χ0n) is 13.4. The van der Waals surface area contributed by atoms with E-state index in [-0.39, 0.29) is 0 Å². The first-order valence-electron chi connectivity index (χ1n) is 8.54. The zero-order valence-corrected chi connectivity index (χ0v) is 18.2. The molecule has 0 aromatic rings. The molecule has 4 atom stereocenters. The summed E-state index contributed by atoms with van der Waals surface area (Å²) in [6.07, 6.45) is 11.4. The van der Waals surface area contributed by atoms with Gasteiger partial charge in [0.15, 0.2) is 0 Å². The second-order valence-corrected chi connectivity index (χ2v) is 26.7. The number of hydrogen-bond acceptors (Lipinski definition) is 2. The molecule has 0 aliphatic heterocycles. The molecule has 0 saturated heterocycles. The molecule has 2 rings (SSSR count). The second kappa shape index (κ2) is 9.03. The van der Waals surface area contributed by atoms with E-state index in [9.17, 15) is 0 Å². The first kappa shape index (κ1) is 18.7. The molecule has 0 radical (unpaired) electrons. The fourth-order valence-corrected chi connectivity index (χ4v) is 18.3. The Labute approximate surface area is 146 Å². The van der Waals surface area contributed by atoms with E-state index in [1.807, 2.05) is 0 Å². The first-order valence-corrected chi connectivity index (χ1v) is 18.5. The monoisotopic (exact) mass is 492 g/mol. The Bertz CT molecular complexity index is 283. The molecule has 0 unspecified atom stereocenters. The van der Waals surface area contributed by atoms with Crippen molar-refractivity contribution in [2.24, 2.45) is 0 Å². The van der Waals surface area contributed by atoms with Gasteiger partial charge in [0, 0.05) is 0 Å². The van der Waals surface area contributed by atoms with Crippen LogP contribution in [0.5, 0.6) is 0 Å². The van der Waals surface area contributed by atoms with Crippen LogP contribution >= 0.6 is 28.2 Å². The summed E-state index contributed by atoms with van der Waals surface area (Å²) in [6.45, 7) is 5.94. The first-order chi connectivity index (χ1) is 10.1. The Kier molecular flexibility index (Phi) is 8.06. The molecule has 2 aliphatic rings. The van der Waals surface area contributed by atoms with Crippen molar-refractivity contribution in [1.29, 1.82) is 0 Å². The minimum absolute atomic E-state index is 0.451. The molecule has 2 fully saturated rings. The van der Waals surface area contributed by atoms with E-state index in [0.29, 0.717) is 21.8 Å². The van der Waals surface area contributed by atoms with Gasteiger partial charge in [-0.15, -0.1) is 0 Å². The van der Waals surface area contributed by atoms with Crippen LogP contribution in [0.15, 0.2) is 0 Å². The van der Waals surface area contributed by atoms with E-state index in [0.717, 1.165) is 13.2 Å². The van der Waals surface area contributed by atoms with Crippen molar-refractivity contribution in [3.8, 4) is 0 Å². The zero-order chi connectivity index (χ0) is 15.3. The number of hydrogen-bond donors (Lipinski definition) is 0. The topological polar surface area (TPSA) is 18.5 Å². The fourth-order valence-electron chi connectivity index (χ4n) is 3.88. The van der Waals surface area contributed by atoms with Gasteiger partial charge < -0.3 is 0 Å². The predicted octanol–water partition coefficient (Wildman–Crippen LogP) is 5.92. The molecule has 2 aliphatic carbocycles. The molecule has 0 heterocycles. The van der Waals surface area contributed by atoms with E-state index in [1.165, 1.54) is 51.4 Å². The molecule has 0 amide bonds. The van der Waals surface area contributed by atoms with Crippen LogP contribution in [0.3, 0.4) is 0 Å². The van der Waals surface area contributed by atoms with Gasteiger partial charge >= 0.3 is 147 Å². The van der Waals surface area contributed by atoms with Gasteiger partial charge in [-0.05, 0) is 0 Å². The Morgan fingerprint density at radius 2 is 1.14 bits per heavy atom. The van der Waals surface area contributed by atoms with E-state index < -0.39 is 9.23 Å². The Balaban J connectivity index is 2.12. The van der Waals surface area contributed by atoms with Crippen molar-refractivity contribution in [3.63, 3.8) is 0 Å². The standard InChI is InChI=1S/C16H30Br2O2Se/c1-3-19-13-9-5-7-11-15(13)21(17,18)16-12-8-6-10-14(16)20-4-2/h13-16H,3-12H2,1-2H3/t13-,14+,15-,16+. The van der Waals surface area contributed by atoms with E-state index in [1.54, 1.807) is 0 Å². The summed E-state index contributed by atoms with van der Waals surface area (Å²) in [5.74, 6) is 0. The summed E-state index contributed by atoms with van der Waals surface area (Å²) in [6, 6.07) is 0. The Morgan fingerprint density at radius 3 is 1.52 bits per heavy atom. The maximum absolute atomic E-state index is 6.11. The Hall–Kier alpha value is 1.40. The van der Waals surface area contributed by atoms with E-state index >= 15 is 0 Å². The van der Waals surface area contributed by atoms with Crippen molar-refractivity contribution >= 4 is 37.4 Å². The summed E-state index contributed by atoms with van der Waals surface area (Å²) in [7, 11) is -1.94. The van der Waals surface area contributed by atoms with Gasteiger partial charge in [-0.25, -0.2) is 0 Å². The van der Waals surface area contributed by atoms with Crippen LogP contribution in [0.4, 0.5) is 0 Å². The molecule has 0 bridgehead atoms. The third kappa shape index (κ3) is 4.70. The van der Waals surface area contributed by atoms with Crippen molar-refractivity contribution in [2.45, 2.75) is 87.1 Å². The van der Waals surface area contributed by atoms with Crippen LogP contribution in [0.2, 0.25) is 9.63 Å². The second-order valence-electron chi connectivity index (χ2n) is 6.18. The normalized spacial score (nSPS) is 35.6. The van der Waals surface area contributed by atoms with Crippen LogP contribution in [-0.2, 0) is 9.47 Å². The predicted molar refractivity (Wildman–Crippen MR) is 98.9 cm³/mol. The van der Waals surface area contributed by atoms with Gasteiger partial charge in [0.1, 0.15) is 0 Å². The van der Waals surface area contributed by atoms with Crippen molar-refractivity contribution in [3.05, 3.63) is 0 Å². The van der Waals surface area contributed by atoms with Gasteiger partial charge in [0.2, 0.25) is 0 Å². The van der Waals surface area contributed by atoms with Crippen LogP contribution in [0.25, 0.3) is 0 Å². The molecule has 2 nitrogen and oxygen atoms in total. The molecule has 21 heavy (non-hydrogen) atoms. The molecule has 5 heteroatoms. The summed E-state index contributed by atoms with van der Waals surface area (Å²) in [5.41, 5.74) is 0. The Morgan fingerprint density at radius 1 is 0.762 bits per heavy atom. The van der Waals surface area contributed by atoms with E-state index in [4.69, 9.17) is 9.47 Å². The average Bonchev–Trinajstić information content (AvgIpc) is 2.49. The molecule has 2 saturated carbocycles. The summed E-state index contributed by atoms with van der Waals surface area (Å²) in [5, 5.41) is 0. The van der Waals surface area contributed by atoms with Crippen LogP contribution in [0, 0.1) is 0 Å².